The number of amides is 1. The Balaban J connectivity index is 1.78. The Labute approximate surface area is 161 Å². The van der Waals surface area contributed by atoms with E-state index in [-0.39, 0.29) is 11.2 Å². The molecule has 1 aliphatic heterocycles. The van der Waals surface area contributed by atoms with Crippen molar-refractivity contribution in [3.05, 3.63) is 52.2 Å². The topological polar surface area (TPSA) is 54.3 Å². The molecule has 0 unspecified atom stereocenters. The first kappa shape index (κ1) is 18.7. The fourth-order valence-electron chi connectivity index (χ4n) is 2.59. The molecule has 1 fully saturated rings. The van der Waals surface area contributed by atoms with E-state index in [0.29, 0.717) is 11.7 Å². The van der Waals surface area contributed by atoms with Crippen LogP contribution in [0.15, 0.2) is 52.0 Å². The van der Waals surface area contributed by atoms with Crippen molar-refractivity contribution in [2.45, 2.75) is 31.6 Å². The van der Waals surface area contributed by atoms with Crippen LogP contribution in [-0.4, -0.2) is 34.5 Å². The summed E-state index contributed by atoms with van der Waals surface area (Å²) >= 11 is 3.11. The summed E-state index contributed by atoms with van der Waals surface area (Å²) in [5.74, 6) is 0.909. The molecule has 1 amide bonds. The zero-order valence-corrected chi connectivity index (χ0v) is 16.4. The second-order valence-electron chi connectivity index (χ2n) is 5.81. The molecule has 1 aliphatic rings. The first-order valence-corrected chi connectivity index (χ1v) is 10.2. The number of ether oxygens (including phenoxy) is 1. The minimum absolute atomic E-state index is 0.0751. The van der Waals surface area contributed by atoms with Gasteiger partial charge in [0, 0.05) is 4.88 Å². The predicted octanol–water partition coefficient (Wildman–Crippen LogP) is 4.39. The molecule has 1 aromatic heterocycles. The van der Waals surface area contributed by atoms with Gasteiger partial charge in [-0.25, -0.2) is 0 Å². The third-order valence-electron chi connectivity index (χ3n) is 3.94. The average Bonchev–Trinajstić information content (AvgIpc) is 3.27. The molecule has 0 saturated carbocycles. The Hall–Kier alpha value is -2.12. The molecule has 0 N–H and O–H groups in total. The van der Waals surface area contributed by atoms with Crippen LogP contribution in [0.1, 0.15) is 30.2 Å². The average molecular weight is 388 g/mol. The molecule has 0 radical (unpaired) electrons. The maximum atomic E-state index is 12.8. The minimum Gasteiger partial charge on any atom is -0.497 e. The van der Waals surface area contributed by atoms with Gasteiger partial charge in [-0.05, 0) is 35.6 Å². The van der Waals surface area contributed by atoms with Crippen LogP contribution in [-0.2, 0) is 11.3 Å². The first-order chi connectivity index (χ1) is 12.7. The smallest absolute Gasteiger partial charge is 0.242 e. The highest BCUT2D eigenvalue weighted by atomic mass is 32.2. The summed E-state index contributed by atoms with van der Waals surface area (Å²) in [6.45, 7) is 2.58. The van der Waals surface area contributed by atoms with Gasteiger partial charge in [-0.15, -0.1) is 16.4 Å². The van der Waals surface area contributed by atoms with Crippen molar-refractivity contribution in [1.82, 2.24) is 4.90 Å². The zero-order valence-electron chi connectivity index (χ0n) is 14.8. The zero-order chi connectivity index (χ0) is 18.4. The maximum absolute atomic E-state index is 12.8. The lowest BCUT2D eigenvalue weighted by molar-refractivity contribution is -0.126. The molecule has 2 aromatic rings. The van der Waals surface area contributed by atoms with Crippen LogP contribution in [0.3, 0.4) is 0 Å². The van der Waals surface area contributed by atoms with Gasteiger partial charge in [-0.3, -0.25) is 9.69 Å². The van der Waals surface area contributed by atoms with Crippen molar-refractivity contribution in [3.63, 3.8) is 0 Å². The van der Waals surface area contributed by atoms with E-state index in [4.69, 9.17) is 4.74 Å². The number of rotatable bonds is 7. The molecule has 1 atom stereocenters. The number of carbonyl (C=O) groups excluding carboxylic acids is 1. The number of amidine groups is 1. The van der Waals surface area contributed by atoms with Crippen molar-refractivity contribution in [3.8, 4) is 5.75 Å². The molecule has 0 spiro atoms. The lowest BCUT2D eigenvalue weighted by Crippen LogP contribution is -2.31. The van der Waals surface area contributed by atoms with Crippen molar-refractivity contribution in [2.75, 3.05) is 7.11 Å². The van der Waals surface area contributed by atoms with Gasteiger partial charge in [0.15, 0.2) is 5.17 Å². The summed E-state index contributed by atoms with van der Waals surface area (Å²) in [4.78, 5) is 15.5. The third-order valence-corrected chi connectivity index (χ3v) is 5.98. The number of nitrogens with zero attached hydrogens (tertiary/aromatic N) is 3. The van der Waals surface area contributed by atoms with Gasteiger partial charge < -0.3 is 4.74 Å². The molecule has 5 nitrogen and oxygen atoms in total. The number of hydrogen-bond donors (Lipinski definition) is 0. The predicted molar refractivity (Wildman–Crippen MR) is 109 cm³/mol. The monoisotopic (exact) mass is 387 g/mol. The SMILES string of the molecule is CCC[C@@H]1S/C(=N\N=C/c2cccs2)N(Cc2ccc(OC)cc2)C1=O. The van der Waals surface area contributed by atoms with Crippen LogP contribution in [0.2, 0.25) is 0 Å². The highest BCUT2D eigenvalue weighted by Gasteiger charge is 2.37. The van der Waals surface area contributed by atoms with Crippen LogP contribution in [0.25, 0.3) is 0 Å². The van der Waals surface area contributed by atoms with Gasteiger partial charge in [0.2, 0.25) is 5.91 Å². The number of thioether (sulfide) groups is 1. The summed E-state index contributed by atoms with van der Waals surface area (Å²) < 4.78 is 5.19. The maximum Gasteiger partial charge on any atom is 0.242 e. The van der Waals surface area contributed by atoms with Gasteiger partial charge in [-0.2, -0.15) is 5.10 Å². The minimum atomic E-state index is -0.0751. The second-order valence-corrected chi connectivity index (χ2v) is 7.96. The summed E-state index contributed by atoms with van der Waals surface area (Å²) in [6, 6.07) is 11.7. The molecule has 0 bridgehead atoms. The van der Waals surface area contributed by atoms with Crippen molar-refractivity contribution >= 4 is 40.4 Å². The highest BCUT2D eigenvalue weighted by Crippen LogP contribution is 2.32. The number of thiophene rings is 1. The van der Waals surface area contributed by atoms with Crippen LogP contribution >= 0.6 is 23.1 Å². The second kappa shape index (κ2) is 9.00. The van der Waals surface area contributed by atoms with E-state index in [0.717, 1.165) is 29.0 Å². The number of methoxy groups -OCH3 is 1. The largest absolute Gasteiger partial charge is 0.497 e. The molecule has 3 rings (SSSR count). The van der Waals surface area contributed by atoms with Crippen LogP contribution in [0.5, 0.6) is 5.75 Å². The third kappa shape index (κ3) is 4.53. The van der Waals surface area contributed by atoms with E-state index in [1.807, 2.05) is 41.8 Å². The van der Waals surface area contributed by atoms with Crippen LogP contribution in [0, 0.1) is 0 Å². The lowest BCUT2D eigenvalue weighted by atomic mass is 10.2. The Morgan fingerprint density at radius 1 is 1.27 bits per heavy atom. The summed E-state index contributed by atoms with van der Waals surface area (Å²) in [6.07, 6.45) is 3.53. The molecular weight excluding hydrogens is 366 g/mol. The van der Waals surface area contributed by atoms with Crippen LogP contribution in [0.4, 0.5) is 0 Å². The van der Waals surface area contributed by atoms with E-state index in [1.165, 1.54) is 11.8 Å². The van der Waals surface area contributed by atoms with Gasteiger partial charge >= 0.3 is 0 Å². The van der Waals surface area contributed by atoms with E-state index < -0.39 is 0 Å². The van der Waals surface area contributed by atoms with Gasteiger partial charge in [0.05, 0.1) is 25.1 Å². The molecule has 1 aromatic carbocycles. The van der Waals surface area contributed by atoms with Gasteiger partial charge in [0.1, 0.15) is 5.75 Å². The molecule has 0 aliphatic carbocycles. The van der Waals surface area contributed by atoms with E-state index in [1.54, 1.807) is 29.6 Å². The quantitative estimate of drug-likeness (QED) is 0.523. The normalized spacial score (nSPS) is 19.0. The molecular formula is C19H21N3O2S2. The number of benzene rings is 1. The summed E-state index contributed by atoms with van der Waals surface area (Å²) in [5, 5.41) is 11.1. The fourth-order valence-corrected chi connectivity index (χ4v) is 4.38. The number of hydrogen-bond acceptors (Lipinski definition) is 6. The van der Waals surface area contributed by atoms with E-state index in [2.05, 4.69) is 17.1 Å². The van der Waals surface area contributed by atoms with E-state index in [9.17, 15) is 4.79 Å². The standard InChI is InChI=1S/C19H21N3O2S2/c1-3-5-17-18(23)22(13-14-7-9-15(24-2)10-8-14)19(26-17)21-20-12-16-6-4-11-25-16/h4,6-12,17H,3,5,13H2,1-2H3/b20-12-,21-19-/t17-/m0/s1. The van der Waals surface area contributed by atoms with Crippen molar-refractivity contribution in [1.29, 1.82) is 0 Å². The van der Waals surface area contributed by atoms with E-state index >= 15 is 0 Å². The molecule has 2 heterocycles. The highest BCUT2D eigenvalue weighted by molar-refractivity contribution is 8.15. The fraction of sp³-hybridized carbons (Fsp3) is 0.316. The Bertz CT molecular complexity index is 786. The van der Waals surface area contributed by atoms with Crippen molar-refractivity contribution in [2.24, 2.45) is 10.2 Å². The first-order valence-electron chi connectivity index (χ1n) is 8.46. The lowest BCUT2D eigenvalue weighted by Gasteiger charge is -2.16. The molecule has 26 heavy (non-hydrogen) atoms. The van der Waals surface area contributed by atoms with Crippen LogP contribution < -0.4 is 4.74 Å². The Kier molecular flexibility index (Phi) is 6.46. The number of carbonyl (C=O) groups is 1. The van der Waals surface area contributed by atoms with Crippen molar-refractivity contribution < 1.29 is 9.53 Å². The molecule has 7 heteroatoms. The van der Waals surface area contributed by atoms with Gasteiger partial charge in [0.25, 0.3) is 0 Å². The Morgan fingerprint density at radius 3 is 2.73 bits per heavy atom. The summed E-state index contributed by atoms with van der Waals surface area (Å²) in [5.41, 5.74) is 1.03. The molecule has 1 saturated heterocycles. The Morgan fingerprint density at radius 2 is 2.08 bits per heavy atom. The summed E-state index contributed by atoms with van der Waals surface area (Å²) in [7, 11) is 1.64. The molecule has 136 valence electrons. The van der Waals surface area contributed by atoms with Gasteiger partial charge in [-0.1, -0.05) is 43.3 Å².